The Morgan fingerprint density at radius 3 is 2.53 bits per heavy atom. The molecular weight excluding hydrogens is 430 g/mol. The topological polar surface area (TPSA) is 62.2 Å². The number of carboxylic acids is 1. The second kappa shape index (κ2) is 10.3. The predicted octanol–water partition coefficient (Wildman–Crippen LogP) is 1.54. The zero-order valence-electron chi connectivity index (χ0n) is 17.3. The fraction of sp³-hybridized carbons (Fsp3) is 0.167. The van der Waals surface area contributed by atoms with E-state index >= 15 is 0 Å². The van der Waals surface area contributed by atoms with Gasteiger partial charge in [-0.2, -0.15) is 0 Å². The van der Waals surface area contributed by atoms with Crippen LogP contribution in [-0.2, 0) is 6.61 Å². The molecule has 1 aliphatic carbocycles. The van der Waals surface area contributed by atoms with Crippen LogP contribution in [0.15, 0.2) is 54.6 Å². The van der Waals surface area contributed by atoms with Gasteiger partial charge >= 0.3 is 29.6 Å². The van der Waals surface area contributed by atoms with Crippen molar-refractivity contribution in [3.05, 3.63) is 94.6 Å². The van der Waals surface area contributed by atoms with Crippen molar-refractivity contribution in [2.24, 2.45) is 0 Å². The molecule has 3 aromatic rings. The molecule has 158 valence electrons. The summed E-state index contributed by atoms with van der Waals surface area (Å²) in [6.07, 6.45) is 2.02. The van der Waals surface area contributed by atoms with Gasteiger partial charge in [-0.05, 0) is 66.8 Å². The second-order valence-electron chi connectivity index (χ2n) is 7.15. The summed E-state index contributed by atoms with van der Waals surface area (Å²) in [6, 6.07) is 12.4. The molecule has 0 unspecified atom stereocenters. The minimum Gasteiger partial charge on any atom is -0.543 e. The Labute approximate surface area is 205 Å². The van der Waals surface area contributed by atoms with Crippen LogP contribution >= 0.6 is 0 Å². The van der Waals surface area contributed by atoms with Crippen molar-refractivity contribution >= 4 is 17.1 Å². The molecule has 32 heavy (non-hydrogen) atoms. The number of allylic oxidation sites excluding steroid dienone is 2. The van der Waals surface area contributed by atoms with E-state index in [-0.39, 0.29) is 47.4 Å². The van der Waals surface area contributed by atoms with Gasteiger partial charge in [-0.3, -0.25) is 0 Å². The van der Waals surface area contributed by atoms with Gasteiger partial charge in [0.2, 0.25) is 0 Å². The number of ether oxygens (including phenoxy) is 1. The molecule has 4 rings (SSSR count). The van der Waals surface area contributed by atoms with Crippen molar-refractivity contribution in [1.82, 2.24) is 4.98 Å². The van der Waals surface area contributed by atoms with Gasteiger partial charge in [-0.15, -0.1) is 0 Å². The maximum Gasteiger partial charge on any atom is 1.00 e. The second-order valence-corrected chi connectivity index (χ2v) is 7.15. The number of nitrogens with zero attached hydrogens (tertiary/aromatic N) is 1. The number of pyridine rings is 1. The summed E-state index contributed by atoms with van der Waals surface area (Å²) in [5, 5.41) is 11.2. The molecule has 0 fully saturated rings. The molecule has 1 heterocycles. The minimum atomic E-state index is -1.38. The molecule has 0 aliphatic heterocycles. The fourth-order valence-corrected chi connectivity index (χ4v) is 3.72. The zero-order valence-corrected chi connectivity index (χ0v) is 19.3. The van der Waals surface area contributed by atoms with E-state index in [1.54, 1.807) is 12.1 Å². The number of hydrogen-bond donors (Lipinski definition) is 0. The van der Waals surface area contributed by atoms with E-state index < -0.39 is 23.4 Å². The molecule has 0 N–H and O–H groups in total. The maximum atomic E-state index is 14.1. The number of rotatable bonds is 6. The van der Waals surface area contributed by atoms with Crippen molar-refractivity contribution in [2.75, 3.05) is 0 Å². The van der Waals surface area contributed by atoms with Crippen molar-refractivity contribution in [2.45, 2.75) is 25.9 Å². The molecule has 0 saturated carbocycles. The maximum absolute atomic E-state index is 14.1. The first-order valence-corrected chi connectivity index (χ1v) is 9.70. The monoisotopic (exact) mass is 447 g/mol. The van der Waals surface area contributed by atoms with Crippen LogP contribution in [0.2, 0.25) is 0 Å². The standard InChI is InChI=1S/C24H18F3NO3.Na/c25-15-10-11-22(31-13-14-4-1-7-19(26)23(14)27)18(12-15)16-5-2-6-17(16)20-8-3-9-21(28-20)24(29)30;/h1,3-4,7-12H,2,5-6,13H2,(H,29,30);/q;+1/p-1. The van der Waals surface area contributed by atoms with Crippen molar-refractivity contribution in [3.63, 3.8) is 0 Å². The van der Waals surface area contributed by atoms with Gasteiger partial charge in [0.1, 0.15) is 18.2 Å². The Morgan fingerprint density at radius 2 is 1.75 bits per heavy atom. The number of carbonyl (C=O) groups excluding carboxylic acids is 1. The molecule has 1 aliphatic rings. The number of benzene rings is 2. The Balaban J connectivity index is 0.00000289. The Morgan fingerprint density at radius 1 is 1.00 bits per heavy atom. The van der Waals surface area contributed by atoms with Crippen LogP contribution in [0.5, 0.6) is 5.75 Å². The van der Waals surface area contributed by atoms with Gasteiger partial charge in [0.25, 0.3) is 0 Å². The quantitative estimate of drug-likeness (QED) is 0.538. The molecule has 4 nitrogen and oxygen atoms in total. The van der Waals surface area contributed by atoms with Crippen LogP contribution in [0.4, 0.5) is 13.2 Å². The van der Waals surface area contributed by atoms with E-state index in [2.05, 4.69) is 4.98 Å². The largest absolute Gasteiger partial charge is 1.00 e. The molecule has 0 atom stereocenters. The predicted molar refractivity (Wildman–Crippen MR) is 106 cm³/mol. The number of halogens is 3. The van der Waals surface area contributed by atoms with Crippen LogP contribution in [0.25, 0.3) is 11.1 Å². The Bertz CT molecular complexity index is 1200. The molecule has 8 heteroatoms. The molecule has 2 aromatic carbocycles. The summed E-state index contributed by atoms with van der Waals surface area (Å²) < 4.78 is 47.3. The van der Waals surface area contributed by atoms with E-state index in [0.717, 1.165) is 23.6 Å². The van der Waals surface area contributed by atoms with Gasteiger partial charge < -0.3 is 14.6 Å². The molecule has 0 saturated heterocycles. The zero-order chi connectivity index (χ0) is 22.0. The third kappa shape index (κ3) is 5.06. The third-order valence-corrected chi connectivity index (χ3v) is 5.17. The summed E-state index contributed by atoms with van der Waals surface area (Å²) in [5.74, 6) is -3.51. The van der Waals surface area contributed by atoms with Crippen LogP contribution in [0.1, 0.15) is 46.6 Å². The Hall–Kier alpha value is -2.61. The van der Waals surface area contributed by atoms with Crippen molar-refractivity contribution in [3.8, 4) is 5.75 Å². The van der Waals surface area contributed by atoms with Gasteiger partial charge in [-0.1, -0.05) is 18.2 Å². The van der Waals surface area contributed by atoms with Crippen LogP contribution in [0.3, 0.4) is 0 Å². The molecule has 0 bridgehead atoms. The first-order chi connectivity index (χ1) is 14.9. The van der Waals surface area contributed by atoms with E-state index in [4.69, 9.17) is 4.74 Å². The van der Waals surface area contributed by atoms with E-state index in [9.17, 15) is 23.1 Å². The van der Waals surface area contributed by atoms with Gasteiger partial charge in [0, 0.05) is 11.1 Å². The van der Waals surface area contributed by atoms with Crippen molar-refractivity contribution in [1.29, 1.82) is 0 Å². The summed E-state index contributed by atoms with van der Waals surface area (Å²) in [4.78, 5) is 15.3. The molecular formula is C24H17F3NNaO3. The fourth-order valence-electron chi connectivity index (χ4n) is 3.72. The number of aromatic nitrogens is 1. The van der Waals surface area contributed by atoms with Crippen LogP contribution in [-0.4, -0.2) is 11.0 Å². The summed E-state index contributed by atoms with van der Waals surface area (Å²) >= 11 is 0. The number of aromatic carboxylic acids is 1. The molecule has 1 aromatic heterocycles. The third-order valence-electron chi connectivity index (χ3n) is 5.17. The first kappa shape index (κ1) is 24.0. The summed E-state index contributed by atoms with van der Waals surface area (Å²) in [6.45, 7) is -0.233. The average Bonchev–Trinajstić information content (AvgIpc) is 3.25. The van der Waals surface area contributed by atoms with E-state index in [1.165, 1.54) is 36.4 Å². The van der Waals surface area contributed by atoms with Gasteiger partial charge in [-0.25, -0.2) is 18.2 Å². The summed E-state index contributed by atoms with van der Waals surface area (Å²) in [7, 11) is 0. The number of carboxylic acid groups (broad SMARTS) is 1. The smallest absolute Gasteiger partial charge is 0.543 e. The Kier molecular flexibility index (Phi) is 7.77. The minimum absolute atomic E-state index is 0. The SMILES string of the molecule is O=C([O-])c1cccc(C2=C(c3cc(F)ccc3OCc3cccc(F)c3F)CCC2)n1.[Na+]. The van der Waals surface area contributed by atoms with E-state index in [0.29, 0.717) is 29.8 Å². The number of hydrogen-bond acceptors (Lipinski definition) is 4. The van der Waals surface area contributed by atoms with Gasteiger partial charge in [0.15, 0.2) is 11.6 Å². The summed E-state index contributed by atoms with van der Waals surface area (Å²) in [5.41, 5.74) is 2.37. The van der Waals surface area contributed by atoms with E-state index in [1.807, 2.05) is 0 Å². The van der Waals surface area contributed by atoms with Crippen LogP contribution in [0, 0.1) is 17.5 Å². The van der Waals surface area contributed by atoms with Crippen LogP contribution < -0.4 is 39.4 Å². The number of carbonyl (C=O) groups is 1. The molecule has 0 spiro atoms. The first-order valence-electron chi connectivity index (χ1n) is 9.70. The molecule has 0 radical (unpaired) electrons. The normalized spacial score (nSPS) is 13.1. The molecule has 0 amide bonds. The average molecular weight is 447 g/mol. The van der Waals surface area contributed by atoms with Crippen molar-refractivity contribution < 1.29 is 57.4 Å². The van der Waals surface area contributed by atoms with Gasteiger partial charge in [0.05, 0.1) is 17.4 Å².